The van der Waals surface area contributed by atoms with Gasteiger partial charge < -0.3 is 5.32 Å². The summed E-state index contributed by atoms with van der Waals surface area (Å²) in [7, 11) is -3.87. The van der Waals surface area contributed by atoms with Gasteiger partial charge in [0.25, 0.3) is 10.0 Å². The Morgan fingerprint density at radius 2 is 2.05 bits per heavy atom. The van der Waals surface area contributed by atoms with E-state index in [0.717, 1.165) is 17.4 Å². The van der Waals surface area contributed by atoms with Gasteiger partial charge in [-0.15, -0.1) is 0 Å². The molecule has 112 valence electrons. The SMILES string of the molecule is CCNc1sc(S(=O)(=O)Nc2ccncc2)cc1[N+](=O)[O-]. The summed E-state index contributed by atoms with van der Waals surface area (Å²) in [6.45, 7) is 2.23. The normalized spacial score (nSPS) is 11.1. The first-order valence-electron chi connectivity index (χ1n) is 5.89. The fourth-order valence-electron chi connectivity index (χ4n) is 1.54. The predicted molar refractivity (Wildman–Crippen MR) is 80.2 cm³/mol. The number of pyridine rings is 1. The van der Waals surface area contributed by atoms with Gasteiger partial charge >= 0.3 is 5.69 Å². The predicted octanol–water partition coefficient (Wildman–Crippen LogP) is 2.28. The quantitative estimate of drug-likeness (QED) is 0.621. The summed E-state index contributed by atoms with van der Waals surface area (Å²) < 4.78 is 26.7. The van der Waals surface area contributed by atoms with Crippen LogP contribution in [0.15, 0.2) is 34.8 Å². The van der Waals surface area contributed by atoms with Crippen molar-refractivity contribution in [2.24, 2.45) is 0 Å². The fraction of sp³-hybridized carbons (Fsp3) is 0.182. The first-order chi connectivity index (χ1) is 9.94. The van der Waals surface area contributed by atoms with Crippen LogP contribution in [0.4, 0.5) is 16.4 Å². The highest BCUT2D eigenvalue weighted by molar-refractivity contribution is 7.94. The number of rotatable bonds is 6. The Bertz CT molecular complexity index is 743. The van der Waals surface area contributed by atoms with E-state index in [9.17, 15) is 18.5 Å². The molecule has 2 heterocycles. The number of hydrogen-bond donors (Lipinski definition) is 2. The molecule has 2 N–H and O–H groups in total. The van der Waals surface area contributed by atoms with Crippen molar-refractivity contribution in [2.75, 3.05) is 16.6 Å². The summed E-state index contributed by atoms with van der Waals surface area (Å²) in [6.07, 6.45) is 2.89. The Kier molecular flexibility index (Phi) is 4.38. The second-order valence-electron chi connectivity index (χ2n) is 3.91. The van der Waals surface area contributed by atoms with E-state index in [1.54, 1.807) is 6.92 Å². The molecule has 0 aliphatic carbocycles. The molecule has 0 amide bonds. The minimum atomic E-state index is -3.87. The second-order valence-corrected chi connectivity index (χ2v) is 6.87. The monoisotopic (exact) mass is 328 g/mol. The van der Waals surface area contributed by atoms with Gasteiger partial charge in [0.15, 0.2) is 5.00 Å². The molecule has 10 heteroatoms. The van der Waals surface area contributed by atoms with Gasteiger partial charge in [-0.05, 0) is 19.1 Å². The largest absolute Gasteiger partial charge is 0.372 e. The van der Waals surface area contributed by atoms with Gasteiger partial charge in [0.05, 0.1) is 10.6 Å². The van der Waals surface area contributed by atoms with Crippen LogP contribution in [0.25, 0.3) is 0 Å². The van der Waals surface area contributed by atoms with E-state index in [1.165, 1.54) is 24.5 Å². The van der Waals surface area contributed by atoms with Crippen molar-refractivity contribution in [3.8, 4) is 0 Å². The van der Waals surface area contributed by atoms with E-state index in [-0.39, 0.29) is 14.9 Å². The molecule has 0 spiro atoms. The first-order valence-corrected chi connectivity index (χ1v) is 8.19. The third-order valence-electron chi connectivity index (χ3n) is 2.42. The molecule has 0 aromatic carbocycles. The summed E-state index contributed by atoms with van der Waals surface area (Å²) >= 11 is 0.820. The zero-order valence-corrected chi connectivity index (χ0v) is 12.6. The summed E-state index contributed by atoms with van der Waals surface area (Å²) in [4.78, 5) is 14.1. The standard InChI is InChI=1S/C11H12N4O4S2/c1-2-13-11-9(15(16)17)7-10(20-11)21(18,19)14-8-3-5-12-6-4-8/h3-7,13H,2H2,1H3,(H,12,14). The first kappa shape index (κ1) is 15.2. The summed E-state index contributed by atoms with van der Waals surface area (Å²) in [5, 5.41) is 14.0. The molecule has 0 saturated carbocycles. The smallest absolute Gasteiger partial charge is 0.304 e. The van der Waals surface area contributed by atoms with Crippen LogP contribution in [-0.2, 0) is 10.0 Å². The van der Waals surface area contributed by atoms with E-state index in [0.29, 0.717) is 12.2 Å². The van der Waals surface area contributed by atoms with Crippen molar-refractivity contribution in [3.63, 3.8) is 0 Å². The highest BCUT2D eigenvalue weighted by Gasteiger charge is 2.26. The molecule has 2 rings (SSSR count). The number of anilines is 2. The summed E-state index contributed by atoms with van der Waals surface area (Å²) in [6, 6.07) is 4.03. The van der Waals surface area contributed by atoms with E-state index < -0.39 is 14.9 Å². The van der Waals surface area contributed by atoms with Crippen LogP contribution in [0.3, 0.4) is 0 Å². The number of nitro groups is 1. The molecule has 0 unspecified atom stereocenters. The van der Waals surface area contributed by atoms with Crippen LogP contribution in [0, 0.1) is 10.1 Å². The lowest BCUT2D eigenvalue weighted by molar-refractivity contribution is -0.383. The van der Waals surface area contributed by atoms with E-state index in [1.807, 2.05) is 0 Å². The summed E-state index contributed by atoms with van der Waals surface area (Å²) in [5.74, 6) is 0. The Labute approximate surface area is 125 Å². The van der Waals surface area contributed by atoms with E-state index in [2.05, 4.69) is 15.0 Å². The van der Waals surface area contributed by atoms with Gasteiger partial charge in [-0.25, -0.2) is 8.42 Å². The Balaban J connectivity index is 2.36. The molecular weight excluding hydrogens is 316 g/mol. The number of hydrogen-bond acceptors (Lipinski definition) is 7. The number of nitrogens with one attached hydrogen (secondary N) is 2. The molecule has 0 saturated heterocycles. The van der Waals surface area contributed by atoms with Crippen molar-refractivity contribution in [3.05, 3.63) is 40.7 Å². The van der Waals surface area contributed by atoms with Crippen LogP contribution in [0.2, 0.25) is 0 Å². The number of thiophene rings is 1. The zero-order chi connectivity index (χ0) is 15.5. The zero-order valence-electron chi connectivity index (χ0n) is 10.9. The van der Waals surface area contributed by atoms with Crippen molar-refractivity contribution >= 4 is 37.7 Å². The molecule has 0 radical (unpaired) electrons. The van der Waals surface area contributed by atoms with Gasteiger partial charge in [-0.2, -0.15) is 0 Å². The lowest BCUT2D eigenvalue weighted by Gasteiger charge is -2.04. The van der Waals surface area contributed by atoms with Crippen LogP contribution in [0.1, 0.15) is 6.92 Å². The molecule has 0 aliphatic heterocycles. The van der Waals surface area contributed by atoms with Gasteiger partial charge in [0, 0.05) is 25.0 Å². The molecule has 8 nitrogen and oxygen atoms in total. The minimum Gasteiger partial charge on any atom is -0.372 e. The third kappa shape index (κ3) is 3.47. The van der Waals surface area contributed by atoms with Crippen LogP contribution in [-0.4, -0.2) is 24.9 Å². The van der Waals surface area contributed by atoms with Gasteiger partial charge in [-0.3, -0.25) is 19.8 Å². The van der Waals surface area contributed by atoms with Gasteiger partial charge in [-0.1, -0.05) is 11.3 Å². The van der Waals surface area contributed by atoms with E-state index >= 15 is 0 Å². The Morgan fingerprint density at radius 1 is 1.38 bits per heavy atom. The number of sulfonamides is 1. The fourth-order valence-corrected chi connectivity index (χ4v) is 3.99. The average molecular weight is 328 g/mol. The van der Waals surface area contributed by atoms with Crippen molar-refractivity contribution in [2.45, 2.75) is 11.1 Å². The third-order valence-corrected chi connectivity index (χ3v) is 5.36. The Hall–Kier alpha value is -2.20. The minimum absolute atomic E-state index is 0.123. The molecule has 0 fully saturated rings. The van der Waals surface area contributed by atoms with E-state index in [4.69, 9.17) is 0 Å². The highest BCUT2D eigenvalue weighted by Crippen LogP contribution is 2.37. The topological polar surface area (TPSA) is 114 Å². The maximum absolute atomic E-state index is 12.2. The summed E-state index contributed by atoms with van der Waals surface area (Å²) in [5.41, 5.74) is 0.0861. The van der Waals surface area contributed by atoms with Crippen LogP contribution >= 0.6 is 11.3 Å². The highest BCUT2D eigenvalue weighted by atomic mass is 32.2. The van der Waals surface area contributed by atoms with Crippen molar-refractivity contribution < 1.29 is 13.3 Å². The number of nitrogens with zero attached hydrogens (tertiary/aromatic N) is 2. The lowest BCUT2D eigenvalue weighted by atomic mass is 10.4. The van der Waals surface area contributed by atoms with Gasteiger partial charge in [0.2, 0.25) is 0 Å². The van der Waals surface area contributed by atoms with Gasteiger partial charge in [0.1, 0.15) is 4.21 Å². The maximum atomic E-state index is 12.2. The maximum Gasteiger partial charge on any atom is 0.304 e. The molecule has 21 heavy (non-hydrogen) atoms. The van der Waals surface area contributed by atoms with Crippen molar-refractivity contribution in [1.29, 1.82) is 0 Å². The van der Waals surface area contributed by atoms with Crippen LogP contribution in [0.5, 0.6) is 0 Å². The van der Waals surface area contributed by atoms with Crippen molar-refractivity contribution in [1.82, 2.24) is 4.98 Å². The second kappa shape index (κ2) is 6.06. The molecule has 0 bridgehead atoms. The molecule has 0 atom stereocenters. The average Bonchev–Trinajstić information content (AvgIpc) is 2.85. The van der Waals surface area contributed by atoms with Crippen LogP contribution < -0.4 is 10.0 Å². The molecule has 2 aromatic heterocycles. The number of aromatic nitrogens is 1. The molecule has 0 aliphatic rings. The molecular formula is C11H12N4O4S2. The Morgan fingerprint density at radius 3 is 2.62 bits per heavy atom. The lowest BCUT2D eigenvalue weighted by Crippen LogP contribution is -2.11. The molecule has 2 aromatic rings.